The number of nitrogens with one attached hydrogen (secondary N) is 3. The van der Waals surface area contributed by atoms with E-state index in [0.717, 1.165) is 22.4 Å². The number of rotatable bonds is 10. The highest BCUT2D eigenvalue weighted by molar-refractivity contribution is 5.89. The van der Waals surface area contributed by atoms with E-state index in [-0.39, 0.29) is 29.7 Å². The lowest BCUT2D eigenvalue weighted by Crippen LogP contribution is -2.26. The second-order valence-electron chi connectivity index (χ2n) is 9.97. The summed E-state index contributed by atoms with van der Waals surface area (Å²) >= 11 is 0. The molecule has 3 N–H and O–H groups in total. The summed E-state index contributed by atoms with van der Waals surface area (Å²) in [7, 11) is 6.49. The largest absolute Gasteiger partial charge is 0.493 e. The van der Waals surface area contributed by atoms with E-state index in [1.165, 1.54) is 6.92 Å². The van der Waals surface area contributed by atoms with Gasteiger partial charge in [-0.25, -0.2) is 0 Å². The molecule has 0 bridgehead atoms. The maximum atomic E-state index is 13.4. The van der Waals surface area contributed by atoms with Gasteiger partial charge < -0.3 is 30.2 Å². The van der Waals surface area contributed by atoms with E-state index in [4.69, 9.17) is 14.2 Å². The van der Waals surface area contributed by atoms with Gasteiger partial charge in [-0.05, 0) is 61.1 Å². The number of aryl methyl sites for hydroxylation is 3. The highest BCUT2D eigenvalue weighted by Crippen LogP contribution is 2.50. The van der Waals surface area contributed by atoms with Crippen LogP contribution in [0, 0.1) is 6.92 Å². The first-order valence-corrected chi connectivity index (χ1v) is 13.5. The number of fused-ring (bicyclic) bond motifs is 3. The van der Waals surface area contributed by atoms with E-state index in [9.17, 15) is 14.4 Å². The Morgan fingerprint density at radius 2 is 1.83 bits per heavy atom. The molecule has 0 saturated carbocycles. The molecule has 1 atom stereocenters. The first kappa shape index (κ1) is 29.4. The normalized spacial score (nSPS) is 13.8. The second kappa shape index (κ2) is 12.8. The molecule has 1 aliphatic rings. The van der Waals surface area contributed by atoms with Crippen LogP contribution in [0.2, 0.25) is 0 Å². The van der Waals surface area contributed by atoms with Crippen LogP contribution >= 0.6 is 0 Å². The minimum Gasteiger partial charge on any atom is -0.493 e. The van der Waals surface area contributed by atoms with Crippen molar-refractivity contribution in [3.63, 3.8) is 0 Å². The van der Waals surface area contributed by atoms with Crippen LogP contribution in [0.15, 0.2) is 35.1 Å². The van der Waals surface area contributed by atoms with Crippen LogP contribution in [0.25, 0.3) is 11.1 Å². The molecule has 11 heteroatoms. The van der Waals surface area contributed by atoms with Gasteiger partial charge >= 0.3 is 0 Å². The van der Waals surface area contributed by atoms with Gasteiger partial charge in [0.15, 0.2) is 17.3 Å². The fraction of sp³-hybridized carbons (Fsp3) is 0.400. The van der Waals surface area contributed by atoms with Crippen molar-refractivity contribution in [3.8, 4) is 28.4 Å². The van der Waals surface area contributed by atoms with Crippen molar-refractivity contribution in [2.75, 3.05) is 38.5 Å². The highest BCUT2D eigenvalue weighted by Gasteiger charge is 2.29. The molecule has 11 nitrogen and oxygen atoms in total. The molecule has 2 amide bonds. The second-order valence-corrected chi connectivity index (χ2v) is 9.97. The molecule has 1 unspecified atom stereocenters. The Kier molecular flexibility index (Phi) is 9.16. The SMILES string of the molecule is COc1cc2c(c(OC)c1OC)-c1ccc(NCCCC(=O)Nc3cc(C)n(C)n3)c(=O)cc1C(NC(C)=O)CC2. The smallest absolute Gasteiger partial charge is 0.225 e. The zero-order chi connectivity index (χ0) is 29.7. The number of methoxy groups -OCH3 is 3. The van der Waals surface area contributed by atoms with Crippen molar-refractivity contribution >= 4 is 23.3 Å². The van der Waals surface area contributed by atoms with Gasteiger partial charge in [0.2, 0.25) is 23.0 Å². The van der Waals surface area contributed by atoms with E-state index in [1.807, 2.05) is 26.1 Å². The van der Waals surface area contributed by atoms with Gasteiger partial charge in [0, 0.05) is 44.3 Å². The molecule has 1 heterocycles. The Morgan fingerprint density at radius 1 is 1.07 bits per heavy atom. The minimum atomic E-state index is -0.386. The summed E-state index contributed by atoms with van der Waals surface area (Å²) in [6.45, 7) is 3.79. The van der Waals surface area contributed by atoms with Crippen molar-refractivity contribution in [1.29, 1.82) is 0 Å². The third-order valence-electron chi connectivity index (χ3n) is 7.19. The van der Waals surface area contributed by atoms with Crippen LogP contribution in [0.1, 0.15) is 49.0 Å². The average molecular weight is 564 g/mol. The molecular formula is C30H37N5O6. The maximum absolute atomic E-state index is 13.4. The van der Waals surface area contributed by atoms with Gasteiger partial charge in [-0.3, -0.25) is 19.1 Å². The molecule has 1 aliphatic carbocycles. The molecule has 218 valence electrons. The van der Waals surface area contributed by atoms with Gasteiger partial charge in [0.1, 0.15) is 0 Å². The molecule has 2 aromatic carbocycles. The Hall–Kier alpha value is -4.54. The summed E-state index contributed by atoms with van der Waals surface area (Å²) < 4.78 is 18.7. The number of nitrogens with zero attached hydrogens (tertiary/aromatic N) is 2. The van der Waals surface area contributed by atoms with Gasteiger partial charge in [-0.15, -0.1) is 0 Å². The van der Waals surface area contributed by atoms with Crippen LogP contribution in [-0.4, -0.2) is 49.5 Å². The van der Waals surface area contributed by atoms with Crippen LogP contribution < -0.4 is 35.6 Å². The number of amides is 2. The zero-order valence-corrected chi connectivity index (χ0v) is 24.3. The maximum Gasteiger partial charge on any atom is 0.225 e. The highest BCUT2D eigenvalue weighted by atomic mass is 16.5. The van der Waals surface area contributed by atoms with Crippen LogP contribution in [-0.2, 0) is 23.1 Å². The van der Waals surface area contributed by atoms with E-state index < -0.39 is 0 Å². The summed E-state index contributed by atoms with van der Waals surface area (Å²) in [5.74, 6) is 1.66. The lowest BCUT2D eigenvalue weighted by Gasteiger charge is -2.19. The van der Waals surface area contributed by atoms with Gasteiger partial charge in [-0.2, -0.15) is 5.10 Å². The zero-order valence-electron chi connectivity index (χ0n) is 24.3. The van der Waals surface area contributed by atoms with Crippen LogP contribution in [0.4, 0.5) is 11.5 Å². The third-order valence-corrected chi connectivity index (χ3v) is 7.19. The van der Waals surface area contributed by atoms with Crippen molar-refractivity contribution in [1.82, 2.24) is 15.1 Å². The van der Waals surface area contributed by atoms with Crippen molar-refractivity contribution in [2.45, 2.75) is 45.6 Å². The Labute approximate surface area is 239 Å². The van der Waals surface area contributed by atoms with E-state index in [2.05, 4.69) is 21.0 Å². The lowest BCUT2D eigenvalue weighted by atomic mass is 9.95. The topological polar surface area (TPSA) is 133 Å². The van der Waals surface area contributed by atoms with Crippen molar-refractivity contribution in [3.05, 3.63) is 57.4 Å². The van der Waals surface area contributed by atoms with Crippen LogP contribution in [0.3, 0.4) is 0 Å². The predicted molar refractivity (Wildman–Crippen MR) is 157 cm³/mol. The fourth-order valence-corrected chi connectivity index (χ4v) is 5.15. The molecule has 3 aromatic rings. The summed E-state index contributed by atoms with van der Waals surface area (Å²) in [5, 5.41) is 13.2. The lowest BCUT2D eigenvalue weighted by molar-refractivity contribution is -0.119. The first-order chi connectivity index (χ1) is 19.7. The number of carbonyl (C=O) groups excluding carboxylic acids is 2. The van der Waals surface area contributed by atoms with Gasteiger partial charge in [0.05, 0.1) is 33.1 Å². The molecule has 41 heavy (non-hydrogen) atoms. The number of hydrogen-bond donors (Lipinski definition) is 3. The number of anilines is 2. The Balaban J connectivity index is 1.63. The quantitative estimate of drug-likeness (QED) is 0.318. The molecular weight excluding hydrogens is 526 g/mol. The molecule has 1 aromatic heterocycles. The van der Waals surface area contributed by atoms with E-state index >= 15 is 0 Å². The van der Waals surface area contributed by atoms with Crippen molar-refractivity contribution in [2.24, 2.45) is 7.05 Å². The molecule has 4 rings (SSSR count). The Morgan fingerprint density at radius 3 is 2.46 bits per heavy atom. The summed E-state index contributed by atoms with van der Waals surface area (Å²) in [4.78, 5) is 37.9. The number of benzene rings is 1. The van der Waals surface area contributed by atoms with Crippen LogP contribution in [0.5, 0.6) is 17.2 Å². The average Bonchev–Trinajstić information content (AvgIpc) is 3.07. The van der Waals surface area contributed by atoms with Gasteiger partial charge in [-0.1, -0.05) is 6.07 Å². The van der Waals surface area contributed by atoms with Crippen molar-refractivity contribution < 1.29 is 23.8 Å². The standard InChI is InChI=1S/C30H37N5O6/c1-17-14-26(34-35(17)3)33-27(38)8-7-13-31-23-12-10-20-21(16-24(23)37)22(32-18(2)36)11-9-19-15-25(39-4)29(40-5)30(41-6)28(19)20/h10,12,14-16,22H,7-9,11,13H2,1-6H3,(H,31,37)(H,32,36)(H,33,34,38). The van der Waals surface area contributed by atoms with E-state index in [0.29, 0.717) is 60.1 Å². The van der Waals surface area contributed by atoms with E-state index in [1.54, 1.807) is 44.2 Å². The van der Waals surface area contributed by atoms with Gasteiger partial charge in [0.25, 0.3) is 0 Å². The molecule has 0 saturated heterocycles. The summed E-state index contributed by atoms with van der Waals surface area (Å²) in [6, 6.07) is 8.50. The third kappa shape index (κ3) is 6.45. The number of hydrogen-bond acceptors (Lipinski definition) is 8. The molecule has 0 spiro atoms. The monoisotopic (exact) mass is 563 g/mol. The molecule has 0 radical (unpaired) electrons. The number of aromatic nitrogens is 2. The molecule has 0 aliphatic heterocycles. The number of carbonyl (C=O) groups is 2. The predicted octanol–water partition coefficient (Wildman–Crippen LogP) is 3.74. The fourth-order valence-electron chi connectivity index (χ4n) is 5.15. The minimum absolute atomic E-state index is 0.149. The Bertz CT molecular complexity index is 1500. The first-order valence-electron chi connectivity index (χ1n) is 13.5. The summed E-state index contributed by atoms with van der Waals surface area (Å²) in [5.41, 5.74) is 4.29. The molecule has 0 fully saturated rings. The summed E-state index contributed by atoms with van der Waals surface area (Å²) in [6.07, 6.45) is 1.98. The number of ether oxygens (including phenoxy) is 3.